The lowest BCUT2D eigenvalue weighted by molar-refractivity contribution is -0.143. The number of thiazole rings is 1. The SMILES string of the molecule is CCNC(=NCCCC(=O)OCC)N(C)Cc1csc(C)n1.I. The Bertz CT molecular complexity index is 494. The highest BCUT2D eigenvalue weighted by Crippen LogP contribution is 2.09. The Kier molecular flexibility index (Phi) is 12.0. The van der Waals surface area contributed by atoms with Crippen molar-refractivity contribution in [3.8, 4) is 0 Å². The minimum Gasteiger partial charge on any atom is -0.466 e. The first-order valence-electron chi connectivity index (χ1n) is 7.62. The molecule has 132 valence electrons. The number of nitrogens with zero attached hydrogens (tertiary/aromatic N) is 3. The van der Waals surface area contributed by atoms with Gasteiger partial charge in [0.15, 0.2) is 5.96 Å². The standard InChI is InChI=1S/C15H26N4O2S.HI/c1-5-16-15(17-9-7-8-14(20)21-6-2)19(4)10-13-11-22-12(3)18-13;/h11H,5-10H2,1-4H3,(H,16,17);1H. The van der Waals surface area contributed by atoms with Gasteiger partial charge in [-0.25, -0.2) is 4.98 Å². The van der Waals surface area contributed by atoms with Crippen LogP contribution in [0.1, 0.15) is 37.4 Å². The highest BCUT2D eigenvalue weighted by Gasteiger charge is 2.08. The molecule has 0 aliphatic rings. The molecule has 0 bridgehead atoms. The van der Waals surface area contributed by atoms with Crippen LogP contribution in [0.4, 0.5) is 0 Å². The summed E-state index contributed by atoms with van der Waals surface area (Å²) in [7, 11) is 1.99. The number of carbonyl (C=O) groups excluding carboxylic acids is 1. The second-order valence-corrected chi connectivity index (χ2v) is 5.92. The van der Waals surface area contributed by atoms with Crippen LogP contribution >= 0.6 is 35.3 Å². The van der Waals surface area contributed by atoms with E-state index < -0.39 is 0 Å². The molecule has 1 aromatic heterocycles. The van der Waals surface area contributed by atoms with Crippen molar-refractivity contribution in [2.75, 3.05) is 26.7 Å². The average Bonchev–Trinajstić information content (AvgIpc) is 2.87. The van der Waals surface area contributed by atoms with E-state index >= 15 is 0 Å². The lowest BCUT2D eigenvalue weighted by atomic mass is 10.3. The summed E-state index contributed by atoms with van der Waals surface area (Å²) in [6.45, 7) is 8.40. The van der Waals surface area contributed by atoms with E-state index in [2.05, 4.69) is 20.7 Å². The minimum atomic E-state index is -0.158. The van der Waals surface area contributed by atoms with Gasteiger partial charge < -0.3 is 15.0 Å². The van der Waals surface area contributed by atoms with Crippen LogP contribution in [0.15, 0.2) is 10.4 Å². The van der Waals surface area contributed by atoms with Gasteiger partial charge in [-0.1, -0.05) is 0 Å². The number of hydrogen-bond donors (Lipinski definition) is 1. The monoisotopic (exact) mass is 454 g/mol. The van der Waals surface area contributed by atoms with Gasteiger partial charge in [0.25, 0.3) is 0 Å². The summed E-state index contributed by atoms with van der Waals surface area (Å²) < 4.78 is 4.90. The molecular weight excluding hydrogens is 427 g/mol. The van der Waals surface area contributed by atoms with Crippen LogP contribution in [0.2, 0.25) is 0 Å². The normalized spacial score (nSPS) is 10.9. The lowest BCUT2D eigenvalue weighted by Gasteiger charge is -2.21. The van der Waals surface area contributed by atoms with Crippen LogP contribution in [0.5, 0.6) is 0 Å². The second kappa shape index (κ2) is 12.5. The van der Waals surface area contributed by atoms with Gasteiger partial charge in [-0.05, 0) is 27.2 Å². The Labute approximate surface area is 159 Å². The first-order chi connectivity index (χ1) is 10.6. The number of esters is 1. The smallest absolute Gasteiger partial charge is 0.305 e. The summed E-state index contributed by atoms with van der Waals surface area (Å²) in [4.78, 5) is 22.3. The number of aromatic nitrogens is 1. The minimum absolute atomic E-state index is 0. The third kappa shape index (κ3) is 9.09. The molecule has 0 aromatic carbocycles. The van der Waals surface area contributed by atoms with Crippen molar-refractivity contribution in [3.05, 3.63) is 16.1 Å². The molecule has 0 amide bonds. The molecule has 1 aromatic rings. The van der Waals surface area contributed by atoms with Crippen LogP contribution in [-0.4, -0.2) is 48.6 Å². The average molecular weight is 454 g/mol. The second-order valence-electron chi connectivity index (χ2n) is 4.86. The van der Waals surface area contributed by atoms with Crippen molar-refractivity contribution in [1.82, 2.24) is 15.2 Å². The van der Waals surface area contributed by atoms with Gasteiger partial charge in [-0.3, -0.25) is 9.79 Å². The number of guanidine groups is 1. The molecule has 23 heavy (non-hydrogen) atoms. The van der Waals surface area contributed by atoms with E-state index in [1.54, 1.807) is 11.3 Å². The number of aliphatic imine (C=N–C) groups is 1. The zero-order valence-corrected chi connectivity index (χ0v) is 17.4. The molecule has 0 radical (unpaired) electrons. The first-order valence-corrected chi connectivity index (χ1v) is 8.50. The van der Waals surface area contributed by atoms with Crippen LogP contribution in [0.3, 0.4) is 0 Å². The van der Waals surface area contributed by atoms with E-state index in [-0.39, 0.29) is 29.9 Å². The summed E-state index contributed by atoms with van der Waals surface area (Å²) in [5.41, 5.74) is 1.04. The van der Waals surface area contributed by atoms with Crippen molar-refractivity contribution in [1.29, 1.82) is 0 Å². The molecule has 1 heterocycles. The molecule has 0 aliphatic heterocycles. The summed E-state index contributed by atoms with van der Waals surface area (Å²) in [6.07, 6.45) is 1.10. The number of ether oxygens (including phenoxy) is 1. The molecule has 1 N–H and O–H groups in total. The highest BCUT2D eigenvalue weighted by atomic mass is 127. The van der Waals surface area contributed by atoms with Crippen LogP contribution in [0, 0.1) is 6.92 Å². The fourth-order valence-electron chi connectivity index (χ4n) is 1.91. The topological polar surface area (TPSA) is 66.8 Å². The van der Waals surface area contributed by atoms with Gasteiger partial charge in [0.05, 0.1) is 23.9 Å². The van der Waals surface area contributed by atoms with E-state index in [9.17, 15) is 4.79 Å². The summed E-state index contributed by atoms with van der Waals surface area (Å²) in [5, 5.41) is 6.39. The molecule has 0 atom stereocenters. The maximum absolute atomic E-state index is 11.3. The molecule has 1 rings (SSSR count). The molecule has 6 nitrogen and oxygen atoms in total. The van der Waals surface area contributed by atoms with Crippen molar-refractivity contribution in [3.63, 3.8) is 0 Å². The van der Waals surface area contributed by atoms with Gasteiger partial charge in [-0.2, -0.15) is 0 Å². The summed E-state index contributed by atoms with van der Waals surface area (Å²) in [6, 6.07) is 0. The van der Waals surface area contributed by atoms with Gasteiger partial charge >= 0.3 is 5.97 Å². The van der Waals surface area contributed by atoms with Crippen molar-refractivity contribution < 1.29 is 9.53 Å². The Balaban J connectivity index is 0.00000484. The van der Waals surface area contributed by atoms with Crippen LogP contribution in [-0.2, 0) is 16.1 Å². The van der Waals surface area contributed by atoms with E-state index in [0.717, 1.165) is 23.2 Å². The highest BCUT2D eigenvalue weighted by molar-refractivity contribution is 14.0. The Morgan fingerprint density at radius 3 is 2.78 bits per heavy atom. The molecule has 8 heteroatoms. The number of nitrogens with one attached hydrogen (secondary N) is 1. The number of rotatable bonds is 8. The Hall–Kier alpha value is -0.900. The molecule has 0 saturated carbocycles. The number of carbonyl (C=O) groups is 1. The van der Waals surface area contributed by atoms with Gasteiger partial charge in [0, 0.05) is 31.9 Å². The van der Waals surface area contributed by atoms with Crippen LogP contribution < -0.4 is 5.32 Å². The van der Waals surface area contributed by atoms with E-state index in [4.69, 9.17) is 4.74 Å². The van der Waals surface area contributed by atoms with Crippen molar-refractivity contribution in [2.45, 2.75) is 40.2 Å². The Morgan fingerprint density at radius 1 is 1.48 bits per heavy atom. The predicted molar refractivity (Wildman–Crippen MR) is 106 cm³/mol. The van der Waals surface area contributed by atoms with Crippen molar-refractivity contribution in [2.24, 2.45) is 4.99 Å². The zero-order valence-electron chi connectivity index (χ0n) is 14.3. The molecular formula is C15H27IN4O2S. The maximum atomic E-state index is 11.3. The van der Waals surface area contributed by atoms with E-state index in [1.807, 2.05) is 32.7 Å². The fourth-order valence-corrected chi connectivity index (χ4v) is 2.51. The first kappa shape index (κ1) is 22.1. The quantitative estimate of drug-likeness (QED) is 0.215. The van der Waals surface area contributed by atoms with Crippen molar-refractivity contribution >= 4 is 47.2 Å². The summed E-state index contributed by atoms with van der Waals surface area (Å²) in [5.74, 6) is 0.672. The van der Waals surface area contributed by atoms with Gasteiger partial charge in [0.2, 0.25) is 0 Å². The number of aryl methyl sites for hydroxylation is 1. The lowest BCUT2D eigenvalue weighted by Crippen LogP contribution is -2.38. The largest absolute Gasteiger partial charge is 0.466 e. The molecule has 0 spiro atoms. The molecule has 0 aliphatic carbocycles. The fraction of sp³-hybridized carbons (Fsp3) is 0.667. The zero-order chi connectivity index (χ0) is 16.4. The predicted octanol–water partition coefficient (Wildman–Crippen LogP) is 2.81. The number of halogens is 1. The van der Waals surface area contributed by atoms with Crippen LogP contribution in [0.25, 0.3) is 0 Å². The molecule has 0 fully saturated rings. The molecule has 0 saturated heterocycles. The maximum Gasteiger partial charge on any atom is 0.305 e. The third-order valence-corrected chi connectivity index (χ3v) is 3.69. The molecule has 0 unspecified atom stereocenters. The summed E-state index contributed by atoms with van der Waals surface area (Å²) >= 11 is 1.65. The van der Waals surface area contributed by atoms with E-state index in [0.29, 0.717) is 32.5 Å². The van der Waals surface area contributed by atoms with Gasteiger partial charge in [0.1, 0.15) is 0 Å². The Morgan fingerprint density at radius 2 is 2.22 bits per heavy atom. The third-order valence-electron chi connectivity index (χ3n) is 2.87. The van der Waals surface area contributed by atoms with Gasteiger partial charge in [-0.15, -0.1) is 35.3 Å². The van der Waals surface area contributed by atoms with E-state index in [1.165, 1.54) is 0 Å². The number of hydrogen-bond acceptors (Lipinski definition) is 5.